The lowest BCUT2D eigenvalue weighted by Gasteiger charge is -2.37. The van der Waals surface area contributed by atoms with Crippen molar-refractivity contribution < 1.29 is 9.53 Å². The average Bonchev–Trinajstić information content (AvgIpc) is 3.23. The largest absolute Gasteiger partial charge is 0.486 e. The molecule has 0 saturated carbocycles. The Morgan fingerprint density at radius 1 is 1.23 bits per heavy atom. The van der Waals surface area contributed by atoms with Crippen molar-refractivity contribution in [3.05, 3.63) is 35.4 Å². The van der Waals surface area contributed by atoms with Crippen molar-refractivity contribution in [2.24, 2.45) is 5.92 Å². The molecular formula is C17H21N3O2. The molecule has 1 unspecified atom stereocenters. The van der Waals surface area contributed by atoms with Crippen LogP contribution in [0.2, 0.25) is 0 Å². The Hall–Kier alpha value is -1.75. The number of fused-ring (bicyclic) bond motifs is 3. The van der Waals surface area contributed by atoms with Crippen molar-refractivity contribution in [3.63, 3.8) is 0 Å². The SMILES string of the molecule is O=C(C1=C2C=CN([C@@H]3C[C@H]4CCN(C4)C3)C=C2OC1)N1CC1. The molecule has 1 amide bonds. The molecule has 5 nitrogen and oxygen atoms in total. The highest BCUT2D eigenvalue weighted by Crippen LogP contribution is 2.35. The van der Waals surface area contributed by atoms with E-state index in [0.29, 0.717) is 12.6 Å². The van der Waals surface area contributed by atoms with E-state index >= 15 is 0 Å². The molecule has 3 atom stereocenters. The summed E-state index contributed by atoms with van der Waals surface area (Å²) in [6.45, 7) is 5.89. The average molecular weight is 299 g/mol. The monoisotopic (exact) mass is 299 g/mol. The van der Waals surface area contributed by atoms with Gasteiger partial charge in [-0.1, -0.05) is 0 Å². The maximum atomic E-state index is 12.2. The molecule has 2 bridgehead atoms. The molecule has 5 heteroatoms. The van der Waals surface area contributed by atoms with Gasteiger partial charge < -0.3 is 19.4 Å². The van der Waals surface area contributed by atoms with Crippen LogP contribution in [0.3, 0.4) is 0 Å². The van der Waals surface area contributed by atoms with E-state index in [1.165, 1.54) is 25.9 Å². The van der Waals surface area contributed by atoms with Crippen molar-refractivity contribution in [1.29, 1.82) is 0 Å². The quantitative estimate of drug-likeness (QED) is 0.711. The van der Waals surface area contributed by atoms with Crippen molar-refractivity contribution in [2.75, 3.05) is 39.3 Å². The Balaban J connectivity index is 1.37. The summed E-state index contributed by atoms with van der Waals surface area (Å²) in [5, 5.41) is 0. The number of carbonyl (C=O) groups is 1. The molecule has 5 heterocycles. The van der Waals surface area contributed by atoms with Crippen molar-refractivity contribution >= 4 is 5.91 Å². The highest BCUT2D eigenvalue weighted by molar-refractivity contribution is 5.97. The van der Waals surface area contributed by atoms with E-state index in [4.69, 9.17) is 4.74 Å². The summed E-state index contributed by atoms with van der Waals surface area (Å²) in [7, 11) is 0. The summed E-state index contributed by atoms with van der Waals surface area (Å²) < 4.78 is 5.79. The number of carbonyl (C=O) groups excluding carboxylic acids is 1. The van der Waals surface area contributed by atoms with E-state index < -0.39 is 0 Å². The Bertz CT molecular complexity index is 605. The van der Waals surface area contributed by atoms with Crippen LogP contribution in [0.5, 0.6) is 0 Å². The predicted molar refractivity (Wildman–Crippen MR) is 81.6 cm³/mol. The molecule has 0 spiro atoms. The van der Waals surface area contributed by atoms with Crippen molar-refractivity contribution in [1.82, 2.24) is 14.7 Å². The molecule has 0 aromatic carbocycles. The molecule has 5 aliphatic heterocycles. The highest BCUT2D eigenvalue weighted by Gasteiger charge is 2.37. The van der Waals surface area contributed by atoms with Gasteiger partial charge in [-0.3, -0.25) is 4.79 Å². The van der Waals surface area contributed by atoms with Gasteiger partial charge in [0.15, 0.2) is 0 Å². The zero-order chi connectivity index (χ0) is 14.7. The number of piperidine rings is 1. The van der Waals surface area contributed by atoms with Crippen LogP contribution in [0.1, 0.15) is 12.8 Å². The van der Waals surface area contributed by atoms with Crippen LogP contribution in [0, 0.1) is 5.92 Å². The molecule has 116 valence electrons. The standard InChI is InChI=1S/C17H21N3O2/c21-17(19-5-6-19)15-11-22-16-10-20(4-2-14(15)16)13-7-12-1-3-18(8-12)9-13/h2,4,10,12-13H,1,3,5-9,11H2/t12-,13-/m1/s1. The van der Waals surface area contributed by atoms with Gasteiger partial charge in [0.1, 0.15) is 12.4 Å². The normalized spacial score (nSPS) is 35.5. The van der Waals surface area contributed by atoms with Gasteiger partial charge >= 0.3 is 0 Å². The third kappa shape index (κ3) is 1.99. The number of hydrogen-bond donors (Lipinski definition) is 0. The molecule has 3 fully saturated rings. The lowest BCUT2D eigenvalue weighted by atomic mass is 9.95. The van der Waals surface area contributed by atoms with E-state index in [0.717, 1.165) is 42.5 Å². The number of allylic oxidation sites excluding steroid dienone is 1. The minimum Gasteiger partial charge on any atom is -0.486 e. The van der Waals surface area contributed by atoms with Crippen LogP contribution in [0.15, 0.2) is 35.4 Å². The van der Waals surface area contributed by atoms with Gasteiger partial charge in [0.25, 0.3) is 5.91 Å². The lowest BCUT2D eigenvalue weighted by Crippen LogP contribution is -2.43. The molecule has 3 saturated heterocycles. The van der Waals surface area contributed by atoms with Crippen LogP contribution >= 0.6 is 0 Å². The Morgan fingerprint density at radius 3 is 2.95 bits per heavy atom. The van der Waals surface area contributed by atoms with Gasteiger partial charge in [0, 0.05) is 50.2 Å². The molecule has 5 aliphatic rings. The van der Waals surface area contributed by atoms with E-state index in [1.54, 1.807) is 0 Å². The molecule has 22 heavy (non-hydrogen) atoms. The van der Waals surface area contributed by atoms with Crippen LogP contribution in [0.25, 0.3) is 0 Å². The predicted octanol–water partition coefficient (Wildman–Crippen LogP) is 0.920. The summed E-state index contributed by atoms with van der Waals surface area (Å²) in [4.78, 5) is 19.0. The summed E-state index contributed by atoms with van der Waals surface area (Å²) >= 11 is 0. The summed E-state index contributed by atoms with van der Waals surface area (Å²) in [5.74, 6) is 1.88. The van der Waals surface area contributed by atoms with Crippen LogP contribution < -0.4 is 0 Å². The third-order valence-corrected chi connectivity index (χ3v) is 5.50. The first kappa shape index (κ1) is 12.8. The fourth-order valence-electron chi connectivity index (χ4n) is 4.18. The number of rotatable bonds is 2. The third-order valence-electron chi connectivity index (χ3n) is 5.50. The van der Waals surface area contributed by atoms with E-state index in [1.807, 2.05) is 4.90 Å². The minimum atomic E-state index is 0.151. The van der Waals surface area contributed by atoms with Crippen LogP contribution in [-0.2, 0) is 9.53 Å². The van der Waals surface area contributed by atoms with Crippen molar-refractivity contribution in [2.45, 2.75) is 18.9 Å². The fourth-order valence-corrected chi connectivity index (χ4v) is 4.18. The molecule has 0 aromatic heterocycles. The van der Waals surface area contributed by atoms with E-state index in [9.17, 15) is 4.79 Å². The molecule has 5 rings (SSSR count). The highest BCUT2D eigenvalue weighted by atomic mass is 16.5. The Labute approximate surface area is 130 Å². The number of ether oxygens (including phenoxy) is 1. The first-order valence-corrected chi connectivity index (χ1v) is 8.33. The van der Waals surface area contributed by atoms with Crippen molar-refractivity contribution in [3.8, 4) is 0 Å². The molecule has 0 radical (unpaired) electrons. The Morgan fingerprint density at radius 2 is 2.14 bits per heavy atom. The number of hydrogen-bond acceptors (Lipinski definition) is 4. The molecule has 0 aromatic rings. The number of nitrogens with zero attached hydrogens (tertiary/aromatic N) is 3. The molecule has 0 N–H and O–H groups in total. The van der Waals surface area contributed by atoms with E-state index in [2.05, 4.69) is 28.3 Å². The summed E-state index contributed by atoms with van der Waals surface area (Å²) in [5.41, 5.74) is 1.82. The maximum Gasteiger partial charge on any atom is 0.254 e. The second-order valence-electron chi connectivity index (χ2n) is 7.03. The van der Waals surface area contributed by atoms with Gasteiger partial charge in [0.05, 0.1) is 5.57 Å². The zero-order valence-electron chi connectivity index (χ0n) is 12.7. The van der Waals surface area contributed by atoms with Crippen LogP contribution in [-0.4, -0.2) is 66.0 Å². The summed E-state index contributed by atoms with van der Waals surface area (Å²) in [6.07, 6.45) is 8.93. The molecule has 0 aliphatic carbocycles. The van der Waals surface area contributed by atoms with Gasteiger partial charge in [-0.15, -0.1) is 0 Å². The number of amides is 1. The maximum absolute atomic E-state index is 12.2. The molecular weight excluding hydrogens is 278 g/mol. The van der Waals surface area contributed by atoms with Gasteiger partial charge in [-0.2, -0.15) is 0 Å². The van der Waals surface area contributed by atoms with Gasteiger partial charge in [-0.25, -0.2) is 0 Å². The van der Waals surface area contributed by atoms with Gasteiger partial charge in [-0.05, 0) is 31.4 Å². The smallest absolute Gasteiger partial charge is 0.254 e. The second-order valence-corrected chi connectivity index (χ2v) is 7.03. The fraction of sp³-hybridized carbons (Fsp3) is 0.588. The first-order valence-electron chi connectivity index (χ1n) is 8.33. The first-order chi connectivity index (χ1) is 10.8. The van der Waals surface area contributed by atoms with Crippen LogP contribution in [0.4, 0.5) is 0 Å². The topological polar surface area (TPSA) is 35.8 Å². The summed E-state index contributed by atoms with van der Waals surface area (Å²) in [6, 6.07) is 0.544. The van der Waals surface area contributed by atoms with E-state index in [-0.39, 0.29) is 5.91 Å². The lowest BCUT2D eigenvalue weighted by molar-refractivity contribution is -0.122. The minimum absolute atomic E-state index is 0.151. The van der Waals surface area contributed by atoms with Gasteiger partial charge in [0.2, 0.25) is 0 Å². The second kappa shape index (κ2) is 4.62. The zero-order valence-corrected chi connectivity index (χ0v) is 12.7. The Kier molecular flexibility index (Phi) is 2.68.